The van der Waals surface area contributed by atoms with Crippen LogP contribution in [0.4, 0.5) is 5.69 Å². The van der Waals surface area contributed by atoms with E-state index in [1.807, 2.05) is 18.2 Å². The molecule has 0 atom stereocenters. The number of anilines is 1. The zero-order valence-corrected chi connectivity index (χ0v) is 19.5. The maximum atomic E-state index is 13.0. The smallest absolute Gasteiger partial charge is 0.344 e. The summed E-state index contributed by atoms with van der Waals surface area (Å²) in [5.74, 6) is 0.219. The molecule has 1 aliphatic rings. The van der Waals surface area contributed by atoms with Crippen LogP contribution in [0.5, 0.6) is 11.5 Å². The molecule has 180 valence electrons. The summed E-state index contributed by atoms with van der Waals surface area (Å²) in [5.41, 5.74) is 3.40. The van der Waals surface area contributed by atoms with Crippen LogP contribution in [0.3, 0.4) is 0 Å². The van der Waals surface area contributed by atoms with E-state index < -0.39 is 11.9 Å². The Hall–Kier alpha value is -4.33. The monoisotopic (exact) mass is 475 g/mol. The Morgan fingerprint density at radius 3 is 2.37 bits per heavy atom. The molecule has 0 N–H and O–H groups in total. The highest BCUT2D eigenvalue weighted by Crippen LogP contribution is 2.34. The molecule has 4 rings (SSSR count). The van der Waals surface area contributed by atoms with Gasteiger partial charge in [-0.2, -0.15) is 0 Å². The standard InChI is InChI=1S/C27H25NO7/c1-3-33-25(29)17-34-21-13-7-18(8-14-21)16-35-24-6-4-5-22-23(24)15-28(26(22)30)20-11-9-19(10-12-20)27(31)32-2/h4-14H,3,15-17H2,1-2H3. The van der Waals surface area contributed by atoms with Crippen LogP contribution in [-0.2, 0) is 27.4 Å². The van der Waals surface area contributed by atoms with Crippen LogP contribution >= 0.6 is 0 Å². The maximum absolute atomic E-state index is 13.0. The largest absolute Gasteiger partial charge is 0.489 e. The lowest BCUT2D eigenvalue weighted by Gasteiger charge is -2.16. The molecule has 0 saturated heterocycles. The number of carbonyl (C=O) groups is 3. The molecule has 0 aromatic heterocycles. The second kappa shape index (κ2) is 10.7. The van der Waals surface area contributed by atoms with Gasteiger partial charge in [0.05, 0.1) is 25.8 Å². The molecule has 0 unspecified atom stereocenters. The minimum Gasteiger partial charge on any atom is -0.489 e. The van der Waals surface area contributed by atoms with Crippen molar-refractivity contribution < 1.29 is 33.3 Å². The minimum absolute atomic E-state index is 0.126. The van der Waals surface area contributed by atoms with E-state index in [9.17, 15) is 14.4 Å². The molecular formula is C27H25NO7. The topological polar surface area (TPSA) is 91.4 Å². The average Bonchev–Trinajstić information content (AvgIpc) is 3.23. The highest BCUT2D eigenvalue weighted by Gasteiger charge is 2.31. The number of esters is 2. The van der Waals surface area contributed by atoms with Gasteiger partial charge in [-0.1, -0.05) is 18.2 Å². The summed E-state index contributed by atoms with van der Waals surface area (Å²) >= 11 is 0. The van der Waals surface area contributed by atoms with E-state index in [0.29, 0.717) is 48.1 Å². The second-order valence-electron chi connectivity index (χ2n) is 7.74. The zero-order valence-electron chi connectivity index (χ0n) is 19.5. The molecule has 8 nitrogen and oxygen atoms in total. The van der Waals surface area contributed by atoms with Crippen LogP contribution in [-0.4, -0.2) is 38.2 Å². The molecule has 0 saturated carbocycles. The number of hydrogen-bond donors (Lipinski definition) is 0. The number of fused-ring (bicyclic) bond motifs is 1. The lowest BCUT2D eigenvalue weighted by molar-refractivity contribution is -0.145. The van der Waals surface area contributed by atoms with Crippen LogP contribution in [0.15, 0.2) is 66.7 Å². The molecule has 35 heavy (non-hydrogen) atoms. The molecule has 1 heterocycles. The van der Waals surface area contributed by atoms with Gasteiger partial charge < -0.3 is 23.8 Å². The van der Waals surface area contributed by atoms with Crippen molar-refractivity contribution in [2.24, 2.45) is 0 Å². The Labute approximate surface area is 203 Å². The summed E-state index contributed by atoms with van der Waals surface area (Å²) in [4.78, 5) is 37.8. The lowest BCUT2D eigenvalue weighted by Crippen LogP contribution is -2.23. The van der Waals surface area contributed by atoms with E-state index in [0.717, 1.165) is 11.1 Å². The number of rotatable bonds is 9. The Morgan fingerprint density at radius 1 is 0.943 bits per heavy atom. The first-order chi connectivity index (χ1) is 17.0. The molecule has 3 aromatic rings. The normalized spacial score (nSPS) is 12.2. The molecule has 1 amide bonds. The Balaban J connectivity index is 1.40. The van der Waals surface area contributed by atoms with Crippen LogP contribution in [0, 0.1) is 0 Å². The number of methoxy groups -OCH3 is 1. The number of ether oxygens (including phenoxy) is 4. The highest BCUT2D eigenvalue weighted by molar-refractivity contribution is 6.10. The van der Waals surface area contributed by atoms with E-state index in [2.05, 4.69) is 0 Å². The second-order valence-corrected chi connectivity index (χ2v) is 7.74. The van der Waals surface area contributed by atoms with Gasteiger partial charge in [0.15, 0.2) is 6.61 Å². The van der Waals surface area contributed by atoms with Crippen molar-refractivity contribution in [1.29, 1.82) is 0 Å². The number of nitrogens with zero attached hydrogens (tertiary/aromatic N) is 1. The van der Waals surface area contributed by atoms with Gasteiger partial charge in [0.25, 0.3) is 5.91 Å². The number of hydrogen-bond acceptors (Lipinski definition) is 7. The average molecular weight is 475 g/mol. The van der Waals surface area contributed by atoms with E-state index >= 15 is 0 Å². The van der Waals surface area contributed by atoms with E-state index in [4.69, 9.17) is 18.9 Å². The number of benzene rings is 3. The van der Waals surface area contributed by atoms with Crippen molar-refractivity contribution in [1.82, 2.24) is 0 Å². The third-order valence-electron chi connectivity index (χ3n) is 5.50. The van der Waals surface area contributed by atoms with Crippen molar-refractivity contribution in [2.45, 2.75) is 20.1 Å². The Bertz CT molecular complexity index is 1220. The van der Waals surface area contributed by atoms with Crippen LogP contribution < -0.4 is 14.4 Å². The molecule has 1 aliphatic heterocycles. The quantitative estimate of drug-likeness (QED) is 0.429. The predicted molar refractivity (Wildman–Crippen MR) is 128 cm³/mol. The number of carbonyl (C=O) groups excluding carboxylic acids is 3. The predicted octanol–water partition coefficient (Wildman–Crippen LogP) is 4.15. The zero-order chi connectivity index (χ0) is 24.8. The molecule has 0 bridgehead atoms. The lowest BCUT2D eigenvalue weighted by atomic mass is 10.1. The van der Waals surface area contributed by atoms with E-state index in [1.54, 1.807) is 60.4 Å². The summed E-state index contributed by atoms with van der Waals surface area (Å²) in [7, 11) is 1.33. The van der Waals surface area contributed by atoms with Crippen LogP contribution in [0.1, 0.15) is 38.8 Å². The van der Waals surface area contributed by atoms with Gasteiger partial charge in [-0.05, 0) is 61.0 Å². The molecule has 0 radical (unpaired) electrons. The van der Waals surface area contributed by atoms with Crippen molar-refractivity contribution in [2.75, 3.05) is 25.2 Å². The third kappa shape index (κ3) is 5.43. The molecule has 0 spiro atoms. The fourth-order valence-electron chi connectivity index (χ4n) is 3.73. The first-order valence-electron chi connectivity index (χ1n) is 11.1. The highest BCUT2D eigenvalue weighted by atomic mass is 16.6. The maximum Gasteiger partial charge on any atom is 0.344 e. The Kier molecular flexibility index (Phi) is 7.30. The SMILES string of the molecule is CCOC(=O)COc1ccc(COc2cccc3c2CN(c2ccc(C(=O)OC)cc2)C3=O)cc1. The first kappa shape index (κ1) is 23.8. The minimum atomic E-state index is -0.429. The Morgan fingerprint density at radius 2 is 1.69 bits per heavy atom. The number of amides is 1. The van der Waals surface area contributed by atoms with Crippen LogP contribution in [0.25, 0.3) is 0 Å². The fraction of sp³-hybridized carbons (Fsp3) is 0.222. The summed E-state index contributed by atoms with van der Waals surface area (Å²) in [6.07, 6.45) is 0. The van der Waals surface area contributed by atoms with Gasteiger partial charge in [0.2, 0.25) is 0 Å². The summed E-state index contributed by atoms with van der Waals surface area (Å²) in [6, 6.07) is 19.4. The van der Waals surface area contributed by atoms with Gasteiger partial charge in [0, 0.05) is 16.8 Å². The van der Waals surface area contributed by atoms with E-state index in [1.165, 1.54) is 7.11 Å². The van der Waals surface area contributed by atoms with Gasteiger partial charge in [-0.3, -0.25) is 4.79 Å². The van der Waals surface area contributed by atoms with Gasteiger partial charge in [-0.15, -0.1) is 0 Å². The van der Waals surface area contributed by atoms with Crippen molar-refractivity contribution in [3.63, 3.8) is 0 Å². The summed E-state index contributed by atoms with van der Waals surface area (Å²) in [6.45, 7) is 2.58. The molecular weight excluding hydrogens is 450 g/mol. The van der Waals surface area contributed by atoms with Crippen molar-refractivity contribution in [3.8, 4) is 11.5 Å². The van der Waals surface area contributed by atoms with Gasteiger partial charge in [0.1, 0.15) is 18.1 Å². The third-order valence-corrected chi connectivity index (χ3v) is 5.50. The van der Waals surface area contributed by atoms with Crippen molar-refractivity contribution in [3.05, 3.63) is 89.0 Å². The van der Waals surface area contributed by atoms with Crippen molar-refractivity contribution >= 4 is 23.5 Å². The molecule has 3 aromatic carbocycles. The van der Waals surface area contributed by atoms with Crippen LogP contribution in [0.2, 0.25) is 0 Å². The summed E-state index contributed by atoms with van der Waals surface area (Å²) < 4.78 is 21.0. The van der Waals surface area contributed by atoms with Gasteiger partial charge in [-0.25, -0.2) is 9.59 Å². The molecule has 0 aliphatic carbocycles. The first-order valence-corrected chi connectivity index (χ1v) is 11.1. The van der Waals surface area contributed by atoms with E-state index in [-0.39, 0.29) is 12.5 Å². The fourth-order valence-corrected chi connectivity index (χ4v) is 3.73. The van der Waals surface area contributed by atoms with Gasteiger partial charge >= 0.3 is 11.9 Å². The molecule has 8 heteroatoms. The summed E-state index contributed by atoms with van der Waals surface area (Å²) in [5, 5.41) is 0. The molecule has 0 fully saturated rings.